The van der Waals surface area contributed by atoms with E-state index in [0.717, 1.165) is 5.92 Å². The maximum absolute atomic E-state index is 3.87. The lowest BCUT2D eigenvalue weighted by atomic mass is 9.69. The molecule has 19 heavy (non-hydrogen) atoms. The molecule has 1 unspecified atom stereocenters. The minimum Gasteiger partial charge on any atom is -0.310 e. The van der Waals surface area contributed by atoms with Gasteiger partial charge in [0.05, 0.1) is 0 Å². The van der Waals surface area contributed by atoms with Crippen molar-refractivity contribution in [3.63, 3.8) is 0 Å². The molecular weight excluding hydrogens is 230 g/mol. The maximum atomic E-state index is 3.87. The zero-order valence-corrected chi connectivity index (χ0v) is 13.3. The molecule has 110 valence electrons. The average Bonchev–Trinajstić information content (AvgIpc) is 2.42. The first-order valence-corrected chi connectivity index (χ1v) is 8.55. The maximum Gasteiger partial charge on any atom is 0.0307 e. The van der Waals surface area contributed by atoms with Gasteiger partial charge in [-0.25, -0.2) is 0 Å². The van der Waals surface area contributed by atoms with Gasteiger partial charge in [0.1, 0.15) is 0 Å². The van der Waals surface area contributed by atoms with Gasteiger partial charge in [-0.05, 0) is 75.7 Å². The van der Waals surface area contributed by atoms with Crippen molar-refractivity contribution in [3.8, 4) is 0 Å². The number of allylic oxidation sites excluding steroid dienone is 1. The van der Waals surface area contributed by atoms with Crippen molar-refractivity contribution < 1.29 is 0 Å². The van der Waals surface area contributed by atoms with E-state index in [4.69, 9.17) is 0 Å². The molecule has 0 radical (unpaired) electrons. The molecule has 1 heteroatoms. The minimum absolute atomic E-state index is 0.590. The van der Waals surface area contributed by atoms with Gasteiger partial charge in [0.2, 0.25) is 0 Å². The van der Waals surface area contributed by atoms with Crippen molar-refractivity contribution in [2.75, 3.05) is 6.54 Å². The van der Waals surface area contributed by atoms with Crippen molar-refractivity contribution in [1.82, 2.24) is 5.32 Å². The van der Waals surface area contributed by atoms with E-state index in [9.17, 15) is 0 Å². The molecule has 1 N–H and O–H groups in total. The van der Waals surface area contributed by atoms with Crippen LogP contribution in [0.5, 0.6) is 0 Å². The van der Waals surface area contributed by atoms with Crippen LogP contribution in [0.2, 0.25) is 0 Å². The van der Waals surface area contributed by atoms with Gasteiger partial charge in [0.25, 0.3) is 0 Å². The van der Waals surface area contributed by atoms with Crippen LogP contribution < -0.4 is 5.32 Å². The molecule has 2 rings (SSSR count). The molecule has 0 aromatic carbocycles. The number of hydrogen-bond acceptors (Lipinski definition) is 1. The molecule has 1 atom stereocenters. The monoisotopic (exact) mass is 263 g/mol. The van der Waals surface area contributed by atoms with Gasteiger partial charge in [-0.15, -0.1) is 0 Å². The van der Waals surface area contributed by atoms with Crippen LogP contribution in [0.3, 0.4) is 0 Å². The predicted molar refractivity (Wildman–Crippen MR) is 84.4 cm³/mol. The Kier molecular flexibility index (Phi) is 5.50. The summed E-state index contributed by atoms with van der Waals surface area (Å²) in [4.78, 5) is 0. The topological polar surface area (TPSA) is 12.0 Å². The lowest BCUT2D eigenvalue weighted by Gasteiger charge is -2.40. The first-order chi connectivity index (χ1) is 9.12. The molecule has 0 heterocycles. The second-order valence-corrected chi connectivity index (χ2v) is 7.46. The van der Waals surface area contributed by atoms with Crippen LogP contribution in [-0.2, 0) is 0 Å². The molecule has 0 amide bonds. The average molecular weight is 263 g/mol. The molecule has 0 saturated heterocycles. The fraction of sp³-hybridized carbons (Fsp3) is 0.889. The second-order valence-electron chi connectivity index (χ2n) is 7.46. The van der Waals surface area contributed by atoms with Gasteiger partial charge in [0.15, 0.2) is 0 Å². The summed E-state index contributed by atoms with van der Waals surface area (Å²) in [5.41, 5.74) is 2.33. The molecule has 0 bridgehead atoms. The van der Waals surface area contributed by atoms with Crippen molar-refractivity contribution in [3.05, 3.63) is 11.6 Å². The minimum atomic E-state index is 0.590. The molecule has 2 aliphatic carbocycles. The van der Waals surface area contributed by atoms with Crippen molar-refractivity contribution in [2.45, 2.75) is 84.6 Å². The van der Waals surface area contributed by atoms with E-state index in [1.165, 1.54) is 64.3 Å². The van der Waals surface area contributed by atoms with Gasteiger partial charge < -0.3 is 5.32 Å². The third-order valence-corrected chi connectivity index (χ3v) is 5.20. The Morgan fingerprint density at radius 3 is 2.58 bits per heavy atom. The molecule has 0 aromatic rings. The van der Waals surface area contributed by atoms with E-state index < -0.39 is 0 Å². The normalized spacial score (nSPS) is 25.9. The molecular formula is C18H33N. The van der Waals surface area contributed by atoms with E-state index in [1.54, 1.807) is 5.57 Å². The molecule has 0 aliphatic heterocycles. The van der Waals surface area contributed by atoms with Crippen molar-refractivity contribution >= 4 is 0 Å². The number of rotatable bonds is 5. The summed E-state index contributed by atoms with van der Waals surface area (Å²) in [6, 6.07) is 0.691. The van der Waals surface area contributed by atoms with Crippen LogP contribution in [0, 0.1) is 11.3 Å². The zero-order chi connectivity index (χ0) is 13.7. The number of nitrogens with one attached hydrogen (secondary N) is 1. The highest BCUT2D eigenvalue weighted by Crippen LogP contribution is 2.41. The van der Waals surface area contributed by atoms with Gasteiger partial charge in [0, 0.05) is 6.04 Å². The Hall–Kier alpha value is -0.300. The third kappa shape index (κ3) is 4.34. The van der Waals surface area contributed by atoms with E-state index in [1.807, 2.05) is 0 Å². The molecule has 0 aromatic heterocycles. The summed E-state index contributed by atoms with van der Waals surface area (Å²) in [6.07, 6.45) is 15.0. The highest BCUT2D eigenvalue weighted by Gasteiger charge is 2.32. The second kappa shape index (κ2) is 6.92. The van der Waals surface area contributed by atoms with Crippen LogP contribution in [0.1, 0.15) is 78.6 Å². The van der Waals surface area contributed by atoms with Crippen LogP contribution >= 0.6 is 0 Å². The SMILES string of the molecule is CCCNC(C1=CCCCC1)C1CCC(C)(C)CC1. The summed E-state index contributed by atoms with van der Waals surface area (Å²) >= 11 is 0. The first kappa shape index (κ1) is 15.1. The summed E-state index contributed by atoms with van der Waals surface area (Å²) in [7, 11) is 0. The van der Waals surface area contributed by atoms with E-state index >= 15 is 0 Å². The lowest BCUT2D eigenvalue weighted by Crippen LogP contribution is -2.41. The summed E-state index contributed by atoms with van der Waals surface area (Å²) in [5.74, 6) is 0.893. The zero-order valence-electron chi connectivity index (χ0n) is 13.3. The summed E-state index contributed by atoms with van der Waals surface area (Å²) in [6.45, 7) is 8.35. The Balaban J connectivity index is 1.99. The predicted octanol–water partition coefficient (Wildman–Crippen LogP) is 5.07. The van der Waals surface area contributed by atoms with E-state index in [0.29, 0.717) is 11.5 Å². The first-order valence-electron chi connectivity index (χ1n) is 8.55. The highest BCUT2D eigenvalue weighted by atomic mass is 14.9. The molecule has 2 aliphatic rings. The third-order valence-electron chi connectivity index (χ3n) is 5.20. The fourth-order valence-electron chi connectivity index (χ4n) is 3.80. The fourth-order valence-corrected chi connectivity index (χ4v) is 3.80. The Morgan fingerprint density at radius 2 is 2.00 bits per heavy atom. The lowest BCUT2D eigenvalue weighted by molar-refractivity contribution is 0.169. The van der Waals surface area contributed by atoms with Gasteiger partial charge in [-0.2, -0.15) is 0 Å². The van der Waals surface area contributed by atoms with Crippen molar-refractivity contribution in [2.24, 2.45) is 11.3 Å². The van der Waals surface area contributed by atoms with E-state index in [-0.39, 0.29) is 0 Å². The Morgan fingerprint density at radius 1 is 1.26 bits per heavy atom. The smallest absolute Gasteiger partial charge is 0.0307 e. The quantitative estimate of drug-likeness (QED) is 0.683. The van der Waals surface area contributed by atoms with E-state index in [2.05, 4.69) is 32.2 Å². The largest absolute Gasteiger partial charge is 0.310 e. The molecule has 1 saturated carbocycles. The Labute approximate surface area is 120 Å². The van der Waals surface area contributed by atoms with Gasteiger partial charge in [-0.1, -0.05) is 32.4 Å². The molecule has 0 spiro atoms. The summed E-state index contributed by atoms with van der Waals surface area (Å²) < 4.78 is 0. The number of hydrogen-bond donors (Lipinski definition) is 1. The molecule has 1 fully saturated rings. The molecule has 1 nitrogen and oxygen atoms in total. The van der Waals surface area contributed by atoms with Crippen LogP contribution in [0.15, 0.2) is 11.6 Å². The standard InChI is InChI=1S/C18H33N/c1-4-14-19-17(15-8-6-5-7-9-15)16-10-12-18(2,3)13-11-16/h8,16-17,19H,4-7,9-14H2,1-3H3. The Bertz CT molecular complexity index is 293. The van der Waals surface area contributed by atoms with Gasteiger partial charge >= 0.3 is 0 Å². The summed E-state index contributed by atoms with van der Waals surface area (Å²) in [5, 5.41) is 3.87. The van der Waals surface area contributed by atoms with Crippen LogP contribution in [-0.4, -0.2) is 12.6 Å². The van der Waals surface area contributed by atoms with Crippen molar-refractivity contribution in [1.29, 1.82) is 0 Å². The highest BCUT2D eigenvalue weighted by molar-refractivity contribution is 5.15. The van der Waals surface area contributed by atoms with Crippen LogP contribution in [0.4, 0.5) is 0 Å². The van der Waals surface area contributed by atoms with Gasteiger partial charge in [-0.3, -0.25) is 0 Å². The van der Waals surface area contributed by atoms with Crippen LogP contribution in [0.25, 0.3) is 0 Å².